The molecule has 4 nitrogen and oxygen atoms in total. The molecule has 1 aromatic rings. The second-order valence-corrected chi connectivity index (χ2v) is 5.39. The number of likely N-dealkylation sites (N-methyl/N-ethyl adjacent to an activating group) is 1. The first-order valence-electron chi connectivity index (χ1n) is 7.27. The fourth-order valence-electron chi connectivity index (χ4n) is 2.75. The van der Waals surface area contributed by atoms with Gasteiger partial charge in [0.2, 0.25) is 0 Å². The van der Waals surface area contributed by atoms with Crippen molar-refractivity contribution in [1.29, 1.82) is 0 Å². The van der Waals surface area contributed by atoms with Crippen molar-refractivity contribution in [2.45, 2.75) is 19.1 Å². The first-order chi connectivity index (χ1) is 10.1. The molecule has 2 N–H and O–H groups in total. The molecule has 21 heavy (non-hydrogen) atoms. The Morgan fingerprint density at radius 3 is 2.48 bits per heavy atom. The highest BCUT2D eigenvalue weighted by molar-refractivity contribution is 5.29. The van der Waals surface area contributed by atoms with Crippen molar-refractivity contribution in [3.05, 3.63) is 29.8 Å². The van der Waals surface area contributed by atoms with Gasteiger partial charge in [-0.05, 0) is 37.7 Å². The summed E-state index contributed by atoms with van der Waals surface area (Å²) in [5, 5.41) is 0. The minimum Gasteiger partial charge on any atom is -0.435 e. The molecule has 0 spiro atoms. The van der Waals surface area contributed by atoms with E-state index in [-0.39, 0.29) is 11.8 Å². The van der Waals surface area contributed by atoms with Crippen LogP contribution in [0.2, 0.25) is 0 Å². The quantitative estimate of drug-likeness (QED) is 0.902. The fourth-order valence-corrected chi connectivity index (χ4v) is 2.75. The highest BCUT2D eigenvalue weighted by atomic mass is 19.3. The monoisotopic (exact) mass is 299 g/mol. The molecule has 2 rings (SSSR count). The number of halogens is 2. The first-order valence-corrected chi connectivity index (χ1v) is 7.27. The summed E-state index contributed by atoms with van der Waals surface area (Å²) in [5.74, 6) is 0.181. The molecule has 118 valence electrons. The Morgan fingerprint density at radius 2 is 1.86 bits per heavy atom. The molecule has 1 atom stereocenters. The minimum atomic E-state index is -2.79. The molecule has 0 aliphatic carbocycles. The third kappa shape index (κ3) is 4.62. The lowest BCUT2D eigenvalue weighted by Gasteiger charge is -2.30. The van der Waals surface area contributed by atoms with E-state index in [0.717, 1.165) is 38.2 Å². The zero-order valence-electron chi connectivity index (χ0n) is 12.3. The van der Waals surface area contributed by atoms with Crippen LogP contribution < -0.4 is 10.5 Å². The van der Waals surface area contributed by atoms with Crippen LogP contribution in [-0.2, 0) is 0 Å². The zero-order valence-corrected chi connectivity index (χ0v) is 12.3. The molecule has 1 aliphatic heterocycles. The molecule has 1 fully saturated rings. The lowest BCUT2D eigenvalue weighted by Crippen LogP contribution is -2.36. The Bertz CT molecular complexity index is 427. The Labute approximate surface area is 124 Å². The van der Waals surface area contributed by atoms with Gasteiger partial charge in [-0.2, -0.15) is 8.78 Å². The average molecular weight is 299 g/mol. The van der Waals surface area contributed by atoms with Crippen LogP contribution in [0.15, 0.2) is 24.3 Å². The minimum absolute atomic E-state index is 0.122. The summed E-state index contributed by atoms with van der Waals surface area (Å²) >= 11 is 0. The van der Waals surface area contributed by atoms with Crippen molar-refractivity contribution in [3.63, 3.8) is 0 Å². The Morgan fingerprint density at radius 1 is 1.14 bits per heavy atom. The van der Waals surface area contributed by atoms with Gasteiger partial charge in [-0.25, -0.2) is 0 Å². The smallest absolute Gasteiger partial charge is 0.387 e. The number of nitrogens with two attached hydrogens (primary N) is 1. The summed E-state index contributed by atoms with van der Waals surface area (Å²) in [5.41, 5.74) is 6.98. The van der Waals surface area contributed by atoms with E-state index in [1.54, 1.807) is 12.1 Å². The van der Waals surface area contributed by atoms with Crippen LogP contribution in [0.5, 0.6) is 5.75 Å². The number of hydrogen-bond donors (Lipinski definition) is 1. The van der Waals surface area contributed by atoms with Crippen molar-refractivity contribution >= 4 is 0 Å². The standard InChI is InChI=1S/C15H23F2N3O/c1-19-7-2-8-20(10-9-19)14(11-18)12-3-5-13(6-4-12)21-15(16)17/h3-6,14-15H,2,7-11,18H2,1H3. The van der Waals surface area contributed by atoms with E-state index in [1.807, 2.05) is 12.1 Å². The van der Waals surface area contributed by atoms with Crippen molar-refractivity contribution in [2.75, 3.05) is 39.8 Å². The van der Waals surface area contributed by atoms with Gasteiger partial charge in [0.1, 0.15) is 5.75 Å². The predicted molar refractivity (Wildman–Crippen MR) is 78.6 cm³/mol. The van der Waals surface area contributed by atoms with Crippen molar-refractivity contribution in [2.24, 2.45) is 5.73 Å². The lowest BCUT2D eigenvalue weighted by molar-refractivity contribution is -0.0498. The average Bonchev–Trinajstić information content (AvgIpc) is 2.66. The molecule has 1 unspecified atom stereocenters. The number of alkyl halides is 2. The van der Waals surface area contributed by atoms with Gasteiger partial charge >= 0.3 is 6.61 Å². The first kappa shape index (κ1) is 16.1. The molecular weight excluding hydrogens is 276 g/mol. The van der Waals surface area contributed by atoms with E-state index in [0.29, 0.717) is 6.54 Å². The van der Waals surface area contributed by atoms with Gasteiger partial charge < -0.3 is 15.4 Å². The van der Waals surface area contributed by atoms with Crippen molar-refractivity contribution in [1.82, 2.24) is 9.80 Å². The zero-order chi connectivity index (χ0) is 15.2. The molecule has 0 radical (unpaired) electrons. The molecule has 6 heteroatoms. The van der Waals surface area contributed by atoms with E-state index in [9.17, 15) is 8.78 Å². The van der Waals surface area contributed by atoms with Gasteiger partial charge in [0, 0.05) is 32.2 Å². The summed E-state index contributed by atoms with van der Waals surface area (Å²) in [6.07, 6.45) is 1.11. The molecule has 0 saturated carbocycles. The Kier molecular flexibility index (Phi) is 5.90. The molecule has 1 heterocycles. The summed E-state index contributed by atoms with van der Waals surface area (Å²) in [4.78, 5) is 4.68. The third-order valence-electron chi connectivity index (χ3n) is 3.91. The van der Waals surface area contributed by atoms with Gasteiger partial charge in [0.15, 0.2) is 0 Å². The van der Waals surface area contributed by atoms with Crippen LogP contribution >= 0.6 is 0 Å². The predicted octanol–water partition coefficient (Wildman–Crippen LogP) is 1.93. The molecule has 0 amide bonds. The number of nitrogens with zero attached hydrogens (tertiary/aromatic N) is 2. The number of ether oxygens (including phenoxy) is 1. The summed E-state index contributed by atoms with van der Waals surface area (Å²) in [7, 11) is 2.12. The van der Waals surface area contributed by atoms with Crippen LogP contribution in [-0.4, -0.2) is 56.2 Å². The summed E-state index contributed by atoms with van der Waals surface area (Å²) in [6, 6.07) is 6.92. The molecule has 1 saturated heterocycles. The molecule has 1 aliphatic rings. The Balaban J connectivity index is 2.05. The lowest BCUT2D eigenvalue weighted by atomic mass is 10.0. The number of benzene rings is 1. The van der Waals surface area contributed by atoms with E-state index < -0.39 is 6.61 Å². The van der Waals surface area contributed by atoms with Crippen LogP contribution in [0.3, 0.4) is 0 Å². The highest BCUT2D eigenvalue weighted by Crippen LogP contribution is 2.24. The maximum Gasteiger partial charge on any atom is 0.387 e. The highest BCUT2D eigenvalue weighted by Gasteiger charge is 2.21. The fraction of sp³-hybridized carbons (Fsp3) is 0.600. The number of hydrogen-bond acceptors (Lipinski definition) is 4. The third-order valence-corrected chi connectivity index (χ3v) is 3.91. The second-order valence-electron chi connectivity index (χ2n) is 5.39. The number of rotatable bonds is 5. The van der Waals surface area contributed by atoms with Crippen LogP contribution in [0.4, 0.5) is 8.78 Å². The summed E-state index contributed by atoms with van der Waals surface area (Å²) in [6.45, 7) is 1.80. The molecule has 0 aromatic heterocycles. The van der Waals surface area contributed by atoms with E-state index in [2.05, 4.69) is 21.6 Å². The molecule has 0 bridgehead atoms. The van der Waals surface area contributed by atoms with Gasteiger partial charge in [-0.15, -0.1) is 0 Å². The molecule has 1 aromatic carbocycles. The summed E-state index contributed by atoms with van der Waals surface area (Å²) < 4.78 is 28.7. The van der Waals surface area contributed by atoms with Crippen molar-refractivity contribution < 1.29 is 13.5 Å². The topological polar surface area (TPSA) is 41.7 Å². The maximum absolute atomic E-state index is 12.2. The largest absolute Gasteiger partial charge is 0.435 e. The Hall–Kier alpha value is -1.24. The van der Waals surface area contributed by atoms with Gasteiger partial charge in [-0.3, -0.25) is 4.90 Å². The van der Waals surface area contributed by atoms with Gasteiger partial charge in [0.25, 0.3) is 0 Å². The van der Waals surface area contributed by atoms with E-state index in [4.69, 9.17) is 5.73 Å². The SMILES string of the molecule is CN1CCCN(C(CN)c2ccc(OC(F)F)cc2)CC1. The van der Waals surface area contributed by atoms with Crippen LogP contribution in [0.25, 0.3) is 0 Å². The van der Waals surface area contributed by atoms with Crippen LogP contribution in [0.1, 0.15) is 18.0 Å². The van der Waals surface area contributed by atoms with E-state index in [1.165, 1.54) is 0 Å². The normalized spacial score (nSPS) is 19.5. The van der Waals surface area contributed by atoms with Gasteiger partial charge in [-0.1, -0.05) is 12.1 Å². The second kappa shape index (κ2) is 7.68. The molecular formula is C15H23F2N3O. The van der Waals surface area contributed by atoms with Crippen LogP contribution in [0, 0.1) is 0 Å². The maximum atomic E-state index is 12.2. The van der Waals surface area contributed by atoms with E-state index >= 15 is 0 Å². The van der Waals surface area contributed by atoms with Crippen molar-refractivity contribution in [3.8, 4) is 5.75 Å². The van der Waals surface area contributed by atoms with Gasteiger partial charge in [0.05, 0.1) is 0 Å².